The SMILES string of the molecule is O=C(CNC(=O)C1CC(c2ccc(Cl)cc2)=NO1)NCc1cccnc1. The van der Waals surface area contributed by atoms with Crippen molar-refractivity contribution in [3.63, 3.8) is 0 Å². The first-order valence-corrected chi connectivity index (χ1v) is 8.41. The van der Waals surface area contributed by atoms with Gasteiger partial charge in [0.05, 0.1) is 12.3 Å². The van der Waals surface area contributed by atoms with Crippen LogP contribution in [0.3, 0.4) is 0 Å². The zero-order valence-electron chi connectivity index (χ0n) is 13.8. The first-order valence-electron chi connectivity index (χ1n) is 8.04. The molecular formula is C18H17ClN4O3. The number of hydrogen-bond acceptors (Lipinski definition) is 5. The highest BCUT2D eigenvalue weighted by Gasteiger charge is 2.28. The molecule has 1 aliphatic rings. The normalized spacial score (nSPS) is 15.7. The van der Waals surface area contributed by atoms with Gasteiger partial charge in [-0.15, -0.1) is 0 Å². The van der Waals surface area contributed by atoms with Crippen molar-refractivity contribution in [3.05, 3.63) is 64.9 Å². The van der Waals surface area contributed by atoms with Crippen molar-refractivity contribution in [1.29, 1.82) is 0 Å². The summed E-state index contributed by atoms with van der Waals surface area (Å²) in [4.78, 5) is 33.1. The van der Waals surface area contributed by atoms with E-state index in [1.54, 1.807) is 30.6 Å². The van der Waals surface area contributed by atoms with Gasteiger partial charge in [-0.25, -0.2) is 0 Å². The summed E-state index contributed by atoms with van der Waals surface area (Å²) in [5.41, 5.74) is 2.40. The van der Waals surface area contributed by atoms with E-state index in [1.165, 1.54) is 0 Å². The number of carbonyl (C=O) groups excluding carboxylic acids is 2. The molecule has 2 N–H and O–H groups in total. The second kappa shape index (κ2) is 8.44. The van der Waals surface area contributed by atoms with Gasteiger partial charge in [-0.2, -0.15) is 0 Å². The van der Waals surface area contributed by atoms with Crippen LogP contribution >= 0.6 is 11.6 Å². The summed E-state index contributed by atoms with van der Waals surface area (Å²) in [7, 11) is 0. The van der Waals surface area contributed by atoms with Crippen molar-refractivity contribution < 1.29 is 14.4 Å². The molecule has 1 atom stereocenters. The third kappa shape index (κ3) is 4.80. The van der Waals surface area contributed by atoms with Gasteiger partial charge in [-0.1, -0.05) is 35.0 Å². The number of amides is 2. The standard InChI is InChI=1S/C18H17ClN4O3/c19-14-5-3-13(4-6-14)15-8-16(26-23-15)18(25)22-11-17(24)21-10-12-2-1-7-20-9-12/h1-7,9,16H,8,10-11H2,(H,21,24)(H,22,25). The Morgan fingerprint density at radius 1 is 1.19 bits per heavy atom. The minimum Gasteiger partial charge on any atom is -0.382 e. The Hall–Kier alpha value is -2.93. The molecule has 0 bridgehead atoms. The van der Waals surface area contributed by atoms with Crippen LogP contribution in [0.25, 0.3) is 0 Å². The highest BCUT2D eigenvalue weighted by molar-refractivity contribution is 6.30. The molecule has 134 valence electrons. The fourth-order valence-corrected chi connectivity index (χ4v) is 2.50. The molecule has 2 amide bonds. The Kier molecular flexibility index (Phi) is 5.80. The van der Waals surface area contributed by atoms with E-state index < -0.39 is 6.10 Å². The average molecular weight is 373 g/mol. The van der Waals surface area contributed by atoms with Crippen LogP contribution in [0.15, 0.2) is 53.9 Å². The number of nitrogens with one attached hydrogen (secondary N) is 2. The maximum atomic E-state index is 12.1. The second-order valence-electron chi connectivity index (χ2n) is 5.70. The summed E-state index contributed by atoms with van der Waals surface area (Å²) in [6.45, 7) is 0.224. The van der Waals surface area contributed by atoms with Crippen molar-refractivity contribution in [3.8, 4) is 0 Å². The van der Waals surface area contributed by atoms with Crippen LogP contribution in [-0.2, 0) is 21.0 Å². The van der Waals surface area contributed by atoms with E-state index in [1.807, 2.05) is 18.2 Å². The van der Waals surface area contributed by atoms with Gasteiger partial charge in [0.2, 0.25) is 12.0 Å². The highest BCUT2D eigenvalue weighted by atomic mass is 35.5. The number of benzene rings is 1. The Balaban J connectivity index is 1.41. The van der Waals surface area contributed by atoms with Crippen LogP contribution < -0.4 is 10.6 Å². The van der Waals surface area contributed by atoms with Gasteiger partial charge >= 0.3 is 0 Å². The zero-order chi connectivity index (χ0) is 18.4. The molecule has 1 aliphatic heterocycles. The van der Waals surface area contributed by atoms with E-state index in [0.29, 0.717) is 23.7 Å². The number of halogens is 1. The molecule has 1 unspecified atom stereocenters. The molecule has 2 aromatic rings. The van der Waals surface area contributed by atoms with Gasteiger partial charge < -0.3 is 15.5 Å². The Bertz CT molecular complexity index is 809. The van der Waals surface area contributed by atoms with Crippen LogP contribution in [0, 0.1) is 0 Å². The summed E-state index contributed by atoms with van der Waals surface area (Å²) in [6, 6.07) is 10.8. The van der Waals surface area contributed by atoms with E-state index in [2.05, 4.69) is 20.8 Å². The molecule has 0 radical (unpaired) electrons. The number of pyridine rings is 1. The molecule has 7 nitrogen and oxygen atoms in total. The van der Waals surface area contributed by atoms with Gasteiger partial charge in [0.15, 0.2) is 0 Å². The minimum absolute atomic E-state index is 0.130. The van der Waals surface area contributed by atoms with Crippen LogP contribution in [-0.4, -0.2) is 35.2 Å². The summed E-state index contributed by atoms with van der Waals surface area (Å²) in [5.74, 6) is -0.673. The molecule has 8 heteroatoms. The number of aromatic nitrogens is 1. The topological polar surface area (TPSA) is 92.7 Å². The first kappa shape index (κ1) is 17.9. The van der Waals surface area contributed by atoms with Crippen LogP contribution in [0.1, 0.15) is 17.5 Å². The monoisotopic (exact) mass is 372 g/mol. The smallest absolute Gasteiger partial charge is 0.264 e. The van der Waals surface area contributed by atoms with Crippen molar-refractivity contribution in [2.45, 2.75) is 19.1 Å². The van der Waals surface area contributed by atoms with Gasteiger partial charge in [0.25, 0.3) is 5.91 Å². The lowest BCUT2D eigenvalue weighted by molar-refractivity contribution is -0.133. The van der Waals surface area contributed by atoms with Gasteiger partial charge in [0, 0.05) is 30.4 Å². The molecule has 2 heterocycles. The van der Waals surface area contributed by atoms with E-state index in [4.69, 9.17) is 16.4 Å². The maximum absolute atomic E-state index is 12.1. The Labute approximate surface area is 155 Å². The number of nitrogens with zero attached hydrogens (tertiary/aromatic N) is 2. The quantitative estimate of drug-likeness (QED) is 0.806. The fraction of sp³-hybridized carbons (Fsp3) is 0.222. The summed E-state index contributed by atoms with van der Waals surface area (Å²) >= 11 is 5.86. The summed E-state index contributed by atoms with van der Waals surface area (Å²) < 4.78 is 0. The maximum Gasteiger partial charge on any atom is 0.264 e. The molecule has 0 spiro atoms. The fourth-order valence-electron chi connectivity index (χ4n) is 2.38. The van der Waals surface area contributed by atoms with E-state index in [-0.39, 0.29) is 18.4 Å². The number of rotatable bonds is 6. The lowest BCUT2D eigenvalue weighted by atomic mass is 10.0. The lowest BCUT2D eigenvalue weighted by Gasteiger charge is -2.10. The Morgan fingerprint density at radius 2 is 2.00 bits per heavy atom. The van der Waals surface area contributed by atoms with Crippen LogP contribution in [0.5, 0.6) is 0 Å². The van der Waals surface area contributed by atoms with Crippen LogP contribution in [0.4, 0.5) is 0 Å². The van der Waals surface area contributed by atoms with Crippen molar-refractivity contribution in [2.75, 3.05) is 6.54 Å². The molecule has 1 aromatic carbocycles. The number of carbonyl (C=O) groups is 2. The molecule has 1 aromatic heterocycles. The molecule has 0 fully saturated rings. The van der Waals surface area contributed by atoms with Gasteiger partial charge in [-0.3, -0.25) is 14.6 Å². The van der Waals surface area contributed by atoms with E-state index in [0.717, 1.165) is 11.1 Å². The molecule has 0 saturated carbocycles. The predicted octanol–water partition coefficient (Wildman–Crippen LogP) is 1.66. The van der Waals surface area contributed by atoms with Crippen molar-refractivity contribution >= 4 is 29.1 Å². The molecule has 0 saturated heterocycles. The van der Waals surface area contributed by atoms with E-state index in [9.17, 15) is 9.59 Å². The van der Waals surface area contributed by atoms with Crippen LogP contribution in [0.2, 0.25) is 5.02 Å². The Morgan fingerprint density at radius 3 is 2.73 bits per heavy atom. The second-order valence-corrected chi connectivity index (χ2v) is 6.14. The van der Waals surface area contributed by atoms with Crippen molar-refractivity contribution in [1.82, 2.24) is 15.6 Å². The minimum atomic E-state index is -0.744. The third-order valence-corrected chi connectivity index (χ3v) is 4.03. The lowest BCUT2D eigenvalue weighted by Crippen LogP contribution is -2.41. The largest absolute Gasteiger partial charge is 0.382 e. The highest BCUT2D eigenvalue weighted by Crippen LogP contribution is 2.18. The average Bonchev–Trinajstić information content (AvgIpc) is 3.16. The molecule has 0 aliphatic carbocycles. The van der Waals surface area contributed by atoms with Gasteiger partial charge in [0.1, 0.15) is 0 Å². The summed E-state index contributed by atoms with van der Waals surface area (Å²) in [5, 5.41) is 9.84. The molecule has 3 rings (SSSR count). The first-order chi connectivity index (χ1) is 12.6. The van der Waals surface area contributed by atoms with E-state index >= 15 is 0 Å². The number of hydrogen-bond donors (Lipinski definition) is 2. The third-order valence-electron chi connectivity index (χ3n) is 3.77. The van der Waals surface area contributed by atoms with Crippen molar-refractivity contribution in [2.24, 2.45) is 5.16 Å². The molecular weight excluding hydrogens is 356 g/mol. The molecule has 26 heavy (non-hydrogen) atoms. The summed E-state index contributed by atoms with van der Waals surface area (Å²) in [6.07, 6.45) is 2.92. The zero-order valence-corrected chi connectivity index (χ0v) is 14.6. The number of oxime groups is 1. The predicted molar refractivity (Wildman–Crippen MR) is 96.6 cm³/mol. The van der Waals surface area contributed by atoms with Gasteiger partial charge in [-0.05, 0) is 29.3 Å².